The molecule has 0 unspecified atom stereocenters. The number of carbonyl (C=O) groups is 1. The Bertz CT molecular complexity index is 499. The number of carboxylic acids is 1. The van der Waals surface area contributed by atoms with Gasteiger partial charge in [-0.3, -0.25) is 0 Å². The van der Waals surface area contributed by atoms with Crippen LogP contribution in [-0.2, 0) is 4.79 Å². The Morgan fingerprint density at radius 3 is 2.72 bits per heavy atom. The van der Waals surface area contributed by atoms with Crippen molar-refractivity contribution >= 4 is 23.3 Å². The number of carboxylic acid groups (broad SMARTS) is 1. The number of benzene rings is 1. The Balaban J connectivity index is 2.78. The molecule has 18 heavy (non-hydrogen) atoms. The van der Waals surface area contributed by atoms with Gasteiger partial charge < -0.3 is 15.5 Å². The molecule has 6 heteroatoms. The van der Waals surface area contributed by atoms with Crippen LogP contribution >= 0.6 is 11.6 Å². The fourth-order valence-corrected chi connectivity index (χ4v) is 1.54. The monoisotopic (exact) mass is 268 g/mol. The molecule has 0 fully saturated rings. The molecule has 0 radical (unpaired) electrons. The second kappa shape index (κ2) is 5.71. The molecule has 1 rings (SSSR count). The van der Waals surface area contributed by atoms with E-state index in [9.17, 15) is 9.90 Å². The standard InChI is InChI=1S/C12H13ClN2O3/c1-2-12(18,11(16)17)7-15-9-4-3-8(6-14)10(13)5-9/h3-5,15,18H,2,7H2,1H3,(H,16,17)/t12-/m0/s1. The Hall–Kier alpha value is -1.77. The van der Waals surface area contributed by atoms with Gasteiger partial charge in [0, 0.05) is 5.69 Å². The first-order chi connectivity index (χ1) is 8.42. The molecule has 0 heterocycles. The van der Waals surface area contributed by atoms with E-state index in [1.54, 1.807) is 13.0 Å². The Kier molecular flexibility index (Phi) is 4.54. The summed E-state index contributed by atoms with van der Waals surface area (Å²) in [5, 5.41) is 30.4. The van der Waals surface area contributed by atoms with Crippen molar-refractivity contribution in [2.45, 2.75) is 18.9 Å². The summed E-state index contributed by atoms with van der Waals surface area (Å²) in [7, 11) is 0. The van der Waals surface area contributed by atoms with E-state index in [4.69, 9.17) is 22.0 Å². The quantitative estimate of drug-likeness (QED) is 0.758. The van der Waals surface area contributed by atoms with Gasteiger partial charge in [0.25, 0.3) is 0 Å². The minimum absolute atomic E-state index is 0.0827. The molecular weight excluding hydrogens is 256 g/mol. The van der Waals surface area contributed by atoms with Crippen LogP contribution in [0.15, 0.2) is 18.2 Å². The van der Waals surface area contributed by atoms with Gasteiger partial charge >= 0.3 is 5.97 Å². The number of nitriles is 1. The minimum Gasteiger partial charge on any atom is -0.479 e. The number of rotatable bonds is 5. The van der Waals surface area contributed by atoms with Gasteiger partial charge in [-0.05, 0) is 24.6 Å². The molecule has 5 nitrogen and oxygen atoms in total. The molecule has 96 valence electrons. The highest BCUT2D eigenvalue weighted by atomic mass is 35.5. The molecule has 1 atom stereocenters. The van der Waals surface area contributed by atoms with Gasteiger partial charge in [-0.25, -0.2) is 4.79 Å². The van der Waals surface area contributed by atoms with Crippen molar-refractivity contribution in [3.8, 4) is 6.07 Å². The van der Waals surface area contributed by atoms with Crippen LogP contribution in [0.25, 0.3) is 0 Å². The summed E-state index contributed by atoms with van der Waals surface area (Å²) >= 11 is 5.83. The van der Waals surface area contributed by atoms with E-state index >= 15 is 0 Å². The van der Waals surface area contributed by atoms with E-state index in [0.717, 1.165) is 0 Å². The second-order valence-electron chi connectivity index (χ2n) is 3.85. The number of aliphatic hydroxyl groups is 1. The summed E-state index contributed by atoms with van der Waals surface area (Å²) in [6.45, 7) is 1.45. The van der Waals surface area contributed by atoms with E-state index in [0.29, 0.717) is 11.3 Å². The van der Waals surface area contributed by atoms with Gasteiger partial charge in [0.2, 0.25) is 0 Å². The maximum atomic E-state index is 10.9. The summed E-state index contributed by atoms with van der Waals surface area (Å²) < 4.78 is 0. The fraction of sp³-hybridized carbons (Fsp3) is 0.333. The summed E-state index contributed by atoms with van der Waals surface area (Å²) in [6, 6.07) is 6.56. The zero-order valence-electron chi connectivity index (χ0n) is 9.77. The third-order valence-electron chi connectivity index (χ3n) is 2.66. The molecule has 0 amide bonds. The number of nitrogens with zero attached hydrogens (tertiary/aromatic N) is 1. The van der Waals surface area contributed by atoms with Crippen LogP contribution in [0.3, 0.4) is 0 Å². The largest absolute Gasteiger partial charge is 0.479 e. The van der Waals surface area contributed by atoms with Gasteiger partial charge in [0.15, 0.2) is 5.60 Å². The predicted octanol–water partition coefficient (Wildman–Crippen LogP) is 1.85. The lowest BCUT2D eigenvalue weighted by molar-refractivity contribution is -0.157. The fourth-order valence-electron chi connectivity index (χ4n) is 1.32. The van der Waals surface area contributed by atoms with Crippen LogP contribution in [0.2, 0.25) is 5.02 Å². The first-order valence-electron chi connectivity index (χ1n) is 5.32. The summed E-state index contributed by atoms with van der Waals surface area (Å²) in [4.78, 5) is 10.9. The van der Waals surface area contributed by atoms with Crippen LogP contribution in [0.5, 0.6) is 0 Å². The number of hydrogen-bond acceptors (Lipinski definition) is 4. The zero-order chi connectivity index (χ0) is 13.8. The highest BCUT2D eigenvalue weighted by Crippen LogP contribution is 2.21. The number of nitrogens with one attached hydrogen (secondary N) is 1. The average Bonchev–Trinajstić information content (AvgIpc) is 2.35. The molecule has 0 aliphatic carbocycles. The molecule has 0 aliphatic rings. The lowest BCUT2D eigenvalue weighted by atomic mass is 10.0. The highest BCUT2D eigenvalue weighted by Gasteiger charge is 2.33. The number of hydrogen-bond donors (Lipinski definition) is 3. The Labute approximate surface area is 110 Å². The van der Waals surface area contributed by atoms with Crippen LogP contribution in [0, 0.1) is 11.3 Å². The Morgan fingerprint density at radius 1 is 1.61 bits per heavy atom. The third-order valence-corrected chi connectivity index (χ3v) is 2.97. The van der Waals surface area contributed by atoms with Crippen molar-refractivity contribution in [2.24, 2.45) is 0 Å². The smallest absolute Gasteiger partial charge is 0.337 e. The average molecular weight is 269 g/mol. The first-order valence-corrected chi connectivity index (χ1v) is 5.70. The maximum Gasteiger partial charge on any atom is 0.337 e. The van der Waals surface area contributed by atoms with Gasteiger partial charge in [-0.15, -0.1) is 0 Å². The molecule has 0 spiro atoms. The summed E-state index contributed by atoms with van der Waals surface area (Å²) in [5.41, 5.74) is -0.932. The first kappa shape index (κ1) is 14.3. The Morgan fingerprint density at radius 2 is 2.28 bits per heavy atom. The lowest BCUT2D eigenvalue weighted by Gasteiger charge is -2.22. The number of anilines is 1. The van der Waals surface area contributed by atoms with Gasteiger partial charge in [0.1, 0.15) is 6.07 Å². The van der Waals surface area contributed by atoms with Crippen LogP contribution in [0.4, 0.5) is 5.69 Å². The number of aliphatic carboxylic acids is 1. The van der Waals surface area contributed by atoms with Gasteiger partial charge in [-0.1, -0.05) is 18.5 Å². The molecule has 1 aromatic carbocycles. The van der Waals surface area contributed by atoms with Crippen molar-refractivity contribution in [3.05, 3.63) is 28.8 Å². The van der Waals surface area contributed by atoms with Crippen molar-refractivity contribution in [2.75, 3.05) is 11.9 Å². The van der Waals surface area contributed by atoms with Crippen LogP contribution in [0.1, 0.15) is 18.9 Å². The minimum atomic E-state index is -1.82. The third kappa shape index (κ3) is 3.13. The molecule has 0 aromatic heterocycles. The highest BCUT2D eigenvalue weighted by molar-refractivity contribution is 6.32. The number of halogens is 1. The van der Waals surface area contributed by atoms with Gasteiger partial charge in [0.05, 0.1) is 17.1 Å². The van der Waals surface area contributed by atoms with Crippen LogP contribution in [-0.4, -0.2) is 28.3 Å². The molecule has 0 aliphatic heterocycles. The zero-order valence-corrected chi connectivity index (χ0v) is 10.5. The summed E-state index contributed by atoms with van der Waals surface area (Å²) in [6.07, 6.45) is 0.0827. The van der Waals surface area contributed by atoms with E-state index in [2.05, 4.69) is 5.32 Å². The second-order valence-corrected chi connectivity index (χ2v) is 4.26. The molecular formula is C12H13ClN2O3. The SMILES string of the molecule is CC[C@](O)(CNc1ccc(C#N)c(Cl)c1)C(=O)O. The molecule has 3 N–H and O–H groups in total. The normalized spacial score (nSPS) is 13.4. The molecule has 1 aromatic rings. The molecule has 0 saturated carbocycles. The van der Waals surface area contributed by atoms with E-state index in [1.165, 1.54) is 12.1 Å². The van der Waals surface area contributed by atoms with Crippen molar-refractivity contribution in [1.82, 2.24) is 0 Å². The van der Waals surface area contributed by atoms with Crippen LogP contribution < -0.4 is 5.32 Å². The van der Waals surface area contributed by atoms with Crippen molar-refractivity contribution in [3.63, 3.8) is 0 Å². The lowest BCUT2D eigenvalue weighted by Crippen LogP contribution is -2.44. The topological polar surface area (TPSA) is 93.4 Å². The van der Waals surface area contributed by atoms with E-state index < -0.39 is 11.6 Å². The van der Waals surface area contributed by atoms with Gasteiger partial charge in [-0.2, -0.15) is 5.26 Å². The molecule has 0 bridgehead atoms. The van der Waals surface area contributed by atoms with Crippen molar-refractivity contribution in [1.29, 1.82) is 5.26 Å². The van der Waals surface area contributed by atoms with Crippen molar-refractivity contribution < 1.29 is 15.0 Å². The maximum absolute atomic E-state index is 10.9. The van der Waals surface area contributed by atoms with E-state index in [1.807, 2.05) is 6.07 Å². The predicted molar refractivity (Wildman–Crippen MR) is 67.5 cm³/mol. The molecule has 0 saturated heterocycles. The van der Waals surface area contributed by atoms with E-state index in [-0.39, 0.29) is 18.0 Å². The summed E-state index contributed by atoms with van der Waals surface area (Å²) in [5.74, 6) is -1.28.